The summed E-state index contributed by atoms with van der Waals surface area (Å²) in [6, 6.07) is 18.0. The van der Waals surface area contributed by atoms with Crippen molar-refractivity contribution in [3.63, 3.8) is 0 Å². The molecule has 0 spiro atoms. The zero-order valence-corrected chi connectivity index (χ0v) is 14.6. The highest BCUT2D eigenvalue weighted by Crippen LogP contribution is 2.30. The van der Waals surface area contributed by atoms with Crippen LogP contribution in [0.1, 0.15) is 30.7 Å². The molecule has 4 nitrogen and oxygen atoms in total. The van der Waals surface area contributed by atoms with E-state index >= 15 is 0 Å². The minimum Gasteiger partial charge on any atom is -0.325 e. The lowest BCUT2D eigenvalue weighted by Gasteiger charge is -2.37. The van der Waals surface area contributed by atoms with Crippen LogP contribution in [0.3, 0.4) is 0 Å². The molecule has 2 atom stereocenters. The van der Waals surface area contributed by atoms with Gasteiger partial charge in [0.2, 0.25) is 5.91 Å². The molecule has 1 heterocycles. The van der Waals surface area contributed by atoms with E-state index in [0.717, 1.165) is 31.4 Å². The zero-order valence-electron chi connectivity index (χ0n) is 14.6. The van der Waals surface area contributed by atoms with Crippen molar-refractivity contribution in [2.75, 3.05) is 18.4 Å². The van der Waals surface area contributed by atoms with Crippen LogP contribution in [0, 0.1) is 17.1 Å². The van der Waals surface area contributed by atoms with E-state index < -0.39 is 0 Å². The van der Waals surface area contributed by atoms with Crippen LogP contribution in [0.2, 0.25) is 0 Å². The van der Waals surface area contributed by atoms with E-state index in [9.17, 15) is 14.4 Å². The number of amides is 1. The van der Waals surface area contributed by atoms with Crippen LogP contribution < -0.4 is 5.32 Å². The summed E-state index contributed by atoms with van der Waals surface area (Å²) in [4.78, 5) is 14.5. The van der Waals surface area contributed by atoms with Crippen LogP contribution in [0.25, 0.3) is 0 Å². The fraction of sp³-hybridized carbons (Fsp3) is 0.333. The summed E-state index contributed by atoms with van der Waals surface area (Å²) in [6.07, 6.45) is 2.95. The molecular formula is C21H22FN3O. The third kappa shape index (κ3) is 4.47. The van der Waals surface area contributed by atoms with Crippen LogP contribution in [-0.2, 0) is 4.79 Å². The second-order valence-electron chi connectivity index (χ2n) is 6.61. The molecule has 1 aliphatic rings. The first-order valence-corrected chi connectivity index (χ1v) is 8.91. The number of likely N-dealkylation sites (tertiary alicyclic amines) is 1. The molecular weight excluding hydrogens is 329 g/mol. The van der Waals surface area contributed by atoms with Crippen molar-refractivity contribution >= 4 is 11.6 Å². The van der Waals surface area contributed by atoms with Gasteiger partial charge in [0.15, 0.2) is 0 Å². The lowest BCUT2D eigenvalue weighted by molar-refractivity contribution is -0.118. The quantitative estimate of drug-likeness (QED) is 0.888. The number of rotatable bonds is 5. The monoisotopic (exact) mass is 351 g/mol. The molecule has 0 bridgehead atoms. The summed E-state index contributed by atoms with van der Waals surface area (Å²) >= 11 is 0. The maximum absolute atomic E-state index is 13.3. The van der Waals surface area contributed by atoms with Gasteiger partial charge in [-0.3, -0.25) is 9.69 Å². The summed E-state index contributed by atoms with van der Waals surface area (Å²) in [6.45, 7) is 0.985. The van der Waals surface area contributed by atoms with E-state index in [2.05, 4.69) is 16.3 Å². The Morgan fingerprint density at radius 1 is 1.23 bits per heavy atom. The lowest BCUT2D eigenvalue weighted by Crippen LogP contribution is -2.46. The second-order valence-corrected chi connectivity index (χ2v) is 6.61. The number of nitriles is 1. The molecule has 3 rings (SSSR count). The van der Waals surface area contributed by atoms with E-state index in [1.165, 1.54) is 12.1 Å². The molecule has 1 fully saturated rings. The van der Waals surface area contributed by atoms with Gasteiger partial charge in [0, 0.05) is 11.7 Å². The van der Waals surface area contributed by atoms with Gasteiger partial charge >= 0.3 is 0 Å². The number of benzene rings is 2. The van der Waals surface area contributed by atoms with Crippen LogP contribution in [-0.4, -0.2) is 29.9 Å². The minimum atomic E-state index is -0.382. The number of hydrogen-bond donors (Lipinski definition) is 1. The highest BCUT2D eigenvalue weighted by molar-refractivity contribution is 5.92. The van der Waals surface area contributed by atoms with Crippen molar-refractivity contribution in [3.05, 3.63) is 66.0 Å². The van der Waals surface area contributed by atoms with Crippen molar-refractivity contribution in [1.29, 1.82) is 5.26 Å². The van der Waals surface area contributed by atoms with E-state index in [1.54, 1.807) is 12.1 Å². The molecule has 134 valence electrons. The van der Waals surface area contributed by atoms with Crippen molar-refractivity contribution in [1.82, 2.24) is 4.90 Å². The Hall–Kier alpha value is -2.71. The highest BCUT2D eigenvalue weighted by Gasteiger charge is 2.32. The third-order valence-corrected chi connectivity index (χ3v) is 4.80. The van der Waals surface area contributed by atoms with E-state index in [-0.39, 0.29) is 30.2 Å². The summed E-state index contributed by atoms with van der Waals surface area (Å²) < 4.78 is 13.3. The average Bonchev–Trinajstić information content (AvgIpc) is 2.64. The molecule has 0 aromatic heterocycles. The van der Waals surface area contributed by atoms with Gasteiger partial charge in [0.25, 0.3) is 0 Å². The Balaban J connectivity index is 1.70. The smallest absolute Gasteiger partial charge is 0.238 e. The zero-order chi connectivity index (χ0) is 18.4. The molecule has 2 aromatic rings. The molecule has 26 heavy (non-hydrogen) atoms. The maximum Gasteiger partial charge on any atom is 0.238 e. The Morgan fingerprint density at radius 2 is 2.04 bits per heavy atom. The van der Waals surface area contributed by atoms with Crippen molar-refractivity contribution in [3.8, 4) is 6.07 Å². The van der Waals surface area contributed by atoms with Crippen molar-refractivity contribution in [2.45, 2.75) is 31.2 Å². The maximum atomic E-state index is 13.3. The molecule has 1 aliphatic heterocycles. The van der Waals surface area contributed by atoms with Gasteiger partial charge in [-0.25, -0.2) is 4.39 Å². The number of halogens is 1. The van der Waals surface area contributed by atoms with Crippen LogP contribution in [0.4, 0.5) is 10.1 Å². The molecule has 0 unspecified atom stereocenters. The Labute approximate surface area is 153 Å². The van der Waals surface area contributed by atoms with Gasteiger partial charge in [0.05, 0.1) is 18.5 Å². The Bertz CT molecular complexity index is 787. The lowest BCUT2D eigenvalue weighted by atomic mass is 9.86. The normalized spacial score (nSPS) is 18.7. The Kier molecular flexibility index (Phi) is 5.98. The molecule has 1 amide bonds. The Morgan fingerprint density at radius 3 is 2.77 bits per heavy atom. The van der Waals surface area contributed by atoms with Crippen molar-refractivity contribution < 1.29 is 9.18 Å². The number of anilines is 1. The largest absolute Gasteiger partial charge is 0.325 e. The highest BCUT2D eigenvalue weighted by atomic mass is 19.1. The number of carbonyl (C=O) groups excluding carboxylic acids is 1. The number of carbonyl (C=O) groups is 1. The molecule has 1 N–H and O–H groups in total. The fourth-order valence-electron chi connectivity index (χ4n) is 3.58. The summed E-state index contributed by atoms with van der Waals surface area (Å²) in [5, 5.41) is 12.5. The fourth-order valence-corrected chi connectivity index (χ4v) is 3.58. The topological polar surface area (TPSA) is 56.1 Å². The predicted octanol–water partition coefficient (Wildman–Crippen LogP) is 3.93. The molecule has 0 radical (unpaired) electrons. The summed E-state index contributed by atoms with van der Waals surface area (Å²) in [7, 11) is 0. The summed E-state index contributed by atoms with van der Waals surface area (Å²) in [5.74, 6) is -0.835. The van der Waals surface area contributed by atoms with E-state index in [0.29, 0.717) is 5.69 Å². The molecule has 1 saturated heterocycles. The van der Waals surface area contributed by atoms with E-state index in [1.807, 2.05) is 30.3 Å². The van der Waals surface area contributed by atoms with E-state index in [4.69, 9.17) is 0 Å². The molecule has 0 saturated carbocycles. The molecule has 2 aromatic carbocycles. The van der Waals surface area contributed by atoms with Gasteiger partial charge in [0.1, 0.15) is 5.82 Å². The molecule has 5 heteroatoms. The van der Waals surface area contributed by atoms with Crippen LogP contribution in [0.5, 0.6) is 0 Å². The van der Waals surface area contributed by atoms with Crippen LogP contribution >= 0.6 is 0 Å². The standard InChI is InChI=1S/C21H22FN3O/c22-17-9-6-10-18(13-17)24-21(26)15-25-12-5-4-11-20(25)19(14-23)16-7-2-1-3-8-16/h1-3,6-10,13,19-20H,4-5,11-12,15H2,(H,24,26)/t19-,20-/m0/s1. The average molecular weight is 351 g/mol. The molecule has 0 aliphatic carbocycles. The number of piperidine rings is 1. The number of hydrogen-bond acceptors (Lipinski definition) is 3. The van der Waals surface area contributed by atoms with Gasteiger partial charge in [-0.05, 0) is 43.1 Å². The minimum absolute atomic E-state index is 0.00871. The van der Waals surface area contributed by atoms with Gasteiger partial charge < -0.3 is 5.32 Å². The number of nitrogens with zero attached hydrogens (tertiary/aromatic N) is 2. The summed E-state index contributed by atoms with van der Waals surface area (Å²) in [5.41, 5.74) is 1.43. The van der Waals surface area contributed by atoms with Gasteiger partial charge in [-0.15, -0.1) is 0 Å². The van der Waals surface area contributed by atoms with Gasteiger partial charge in [-0.1, -0.05) is 42.8 Å². The second kappa shape index (κ2) is 8.59. The SMILES string of the molecule is N#C[C@@H](c1ccccc1)[C@@H]1CCCCN1CC(=O)Nc1cccc(F)c1. The van der Waals surface area contributed by atoms with Gasteiger partial charge in [-0.2, -0.15) is 5.26 Å². The van der Waals surface area contributed by atoms with Crippen LogP contribution in [0.15, 0.2) is 54.6 Å². The first-order chi connectivity index (χ1) is 12.7. The number of nitrogens with one attached hydrogen (secondary N) is 1. The third-order valence-electron chi connectivity index (χ3n) is 4.80. The van der Waals surface area contributed by atoms with Crippen molar-refractivity contribution in [2.24, 2.45) is 0 Å². The first kappa shape index (κ1) is 18.1. The predicted molar refractivity (Wildman–Crippen MR) is 99.0 cm³/mol. The first-order valence-electron chi connectivity index (χ1n) is 8.91.